The van der Waals surface area contributed by atoms with Gasteiger partial charge in [0.1, 0.15) is 4.90 Å². The van der Waals surface area contributed by atoms with Crippen molar-refractivity contribution >= 4 is 62.5 Å². The van der Waals surface area contributed by atoms with Crippen molar-refractivity contribution in [2.24, 2.45) is 0 Å². The molecule has 0 radical (unpaired) electrons. The third-order valence-electron chi connectivity index (χ3n) is 5.27. The van der Waals surface area contributed by atoms with Crippen molar-refractivity contribution in [2.45, 2.75) is 11.3 Å². The Morgan fingerprint density at radius 3 is 2.20 bits per heavy atom. The molecule has 3 N–H and O–H groups in total. The van der Waals surface area contributed by atoms with E-state index in [0.717, 1.165) is 45.8 Å². The number of benzene rings is 1. The maximum absolute atomic E-state index is 12.9. The molecule has 2 heterocycles. The first-order valence-electron chi connectivity index (χ1n) is 10.8. The Kier molecular flexibility index (Phi) is 11.9. The Hall–Kier alpha value is -1.74. The van der Waals surface area contributed by atoms with Gasteiger partial charge in [0.25, 0.3) is 0 Å². The summed E-state index contributed by atoms with van der Waals surface area (Å²) in [5.41, 5.74) is 0. The fourth-order valence-electron chi connectivity index (χ4n) is 3.39. The molecule has 1 aromatic carbocycles. The van der Waals surface area contributed by atoms with Crippen molar-refractivity contribution in [3.8, 4) is 0 Å². The van der Waals surface area contributed by atoms with Crippen molar-refractivity contribution in [1.29, 1.82) is 0 Å². The smallest absolute Gasteiger partial charge is 0.414 e. The summed E-state index contributed by atoms with van der Waals surface area (Å²) in [7, 11) is -3.69. The van der Waals surface area contributed by atoms with Crippen molar-refractivity contribution in [3.05, 3.63) is 28.2 Å². The van der Waals surface area contributed by atoms with Gasteiger partial charge in [-0.3, -0.25) is 4.90 Å². The zero-order valence-corrected chi connectivity index (χ0v) is 22.0. The number of thiocarbonyl (C=S) groups is 1. The minimum atomic E-state index is -3.69. The number of rotatable bonds is 6. The number of piperazine rings is 1. The number of hydrogen-bond donors (Lipinski definition) is 3. The van der Waals surface area contributed by atoms with Gasteiger partial charge in [0.15, 0.2) is 5.11 Å². The molecule has 0 unspecified atom stereocenters. The normalized spacial score (nSPS) is 17.3. The van der Waals surface area contributed by atoms with Gasteiger partial charge in [0, 0.05) is 45.8 Å². The third-order valence-corrected chi connectivity index (χ3v) is 8.55. The zero-order chi connectivity index (χ0) is 26.0. The van der Waals surface area contributed by atoms with Crippen LogP contribution in [0.4, 0.5) is 0 Å². The number of ether oxygens (including phenoxy) is 1. The van der Waals surface area contributed by atoms with Crippen LogP contribution in [0.5, 0.6) is 0 Å². The molecule has 2 aliphatic heterocycles. The first kappa shape index (κ1) is 29.5. The molecule has 0 amide bonds. The van der Waals surface area contributed by atoms with E-state index in [2.05, 4.69) is 10.2 Å². The van der Waals surface area contributed by atoms with E-state index in [1.165, 1.54) is 10.4 Å². The Morgan fingerprint density at radius 1 is 1.03 bits per heavy atom. The molecule has 2 fully saturated rings. The van der Waals surface area contributed by atoms with Crippen LogP contribution < -0.4 is 5.32 Å². The summed E-state index contributed by atoms with van der Waals surface area (Å²) >= 11 is 17.6. The summed E-state index contributed by atoms with van der Waals surface area (Å²) in [6.45, 7) is 7.16. The van der Waals surface area contributed by atoms with Crippen molar-refractivity contribution in [3.63, 3.8) is 0 Å². The van der Waals surface area contributed by atoms with Gasteiger partial charge in [0.2, 0.25) is 10.0 Å². The standard InChI is InChI=1S/C18H26Cl2N4O3S2.C2H2O4/c19-15-3-1-4-16(17(15)20)29(25,26)24-9-7-23(8-10-24)18(28)21-5-2-6-22-11-13-27-14-12-22;3-1(4)2(5)6/h1,3-4H,2,5-14H2,(H,21,28);(H,3,4)(H,5,6). The van der Waals surface area contributed by atoms with E-state index in [1.54, 1.807) is 12.1 Å². The van der Waals surface area contributed by atoms with E-state index in [9.17, 15) is 8.42 Å². The summed E-state index contributed by atoms with van der Waals surface area (Å²) in [6, 6.07) is 4.65. The van der Waals surface area contributed by atoms with Crippen molar-refractivity contribution in [1.82, 2.24) is 19.4 Å². The number of carbonyl (C=O) groups is 2. The number of nitrogens with zero attached hydrogens (tertiary/aromatic N) is 3. The topological polar surface area (TPSA) is 140 Å². The van der Waals surface area contributed by atoms with Crippen LogP contribution in [0.2, 0.25) is 10.0 Å². The molecular formula is C20H28Cl2N4O7S2. The minimum absolute atomic E-state index is 0.0453. The van der Waals surface area contributed by atoms with Crippen LogP contribution in [0, 0.1) is 0 Å². The third kappa shape index (κ3) is 9.01. The number of hydrogen-bond acceptors (Lipinski definition) is 7. The second-order valence-electron chi connectivity index (χ2n) is 7.59. The summed E-state index contributed by atoms with van der Waals surface area (Å²) in [6.07, 6.45) is 1.00. The van der Waals surface area contributed by atoms with Gasteiger partial charge in [-0.25, -0.2) is 18.0 Å². The summed E-state index contributed by atoms with van der Waals surface area (Å²) in [5.74, 6) is -3.65. The van der Waals surface area contributed by atoms with Crippen LogP contribution in [0.1, 0.15) is 6.42 Å². The van der Waals surface area contributed by atoms with Gasteiger partial charge in [-0.15, -0.1) is 0 Å². The Balaban J connectivity index is 0.000000641. The first-order chi connectivity index (χ1) is 16.5. The quantitative estimate of drug-likeness (QED) is 0.257. The predicted molar refractivity (Wildman–Crippen MR) is 135 cm³/mol. The zero-order valence-electron chi connectivity index (χ0n) is 18.9. The number of morpholine rings is 1. The number of aliphatic carboxylic acids is 2. The van der Waals surface area contributed by atoms with E-state index in [0.29, 0.717) is 31.3 Å². The Labute approximate surface area is 219 Å². The Bertz CT molecular complexity index is 987. The van der Waals surface area contributed by atoms with Crippen LogP contribution in [0.15, 0.2) is 23.1 Å². The van der Waals surface area contributed by atoms with Gasteiger partial charge in [-0.1, -0.05) is 29.3 Å². The van der Waals surface area contributed by atoms with Crippen LogP contribution >= 0.6 is 35.4 Å². The van der Waals surface area contributed by atoms with Gasteiger partial charge < -0.3 is 25.2 Å². The molecule has 0 bridgehead atoms. The van der Waals surface area contributed by atoms with E-state index in [4.69, 9.17) is 60.0 Å². The molecule has 2 aliphatic rings. The number of carboxylic acid groups (broad SMARTS) is 2. The second-order valence-corrected chi connectivity index (χ2v) is 10.7. The van der Waals surface area contributed by atoms with Crippen LogP contribution in [0.3, 0.4) is 0 Å². The molecule has 15 heteroatoms. The van der Waals surface area contributed by atoms with E-state index in [-0.39, 0.29) is 14.9 Å². The summed E-state index contributed by atoms with van der Waals surface area (Å²) < 4.78 is 32.6. The average molecular weight is 572 g/mol. The fourth-order valence-corrected chi connectivity index (χ4v) is 5.83. The maximum atomic E-state index is 12.9. The van der Waals surface area contributed by atoms with Crippen LogP contribution in [-0.4, -0.2) is 115 Å². The number of sulfonamides is 1. The number of carboxylic acids is 2. The molecule has 0 aliphatic carbocycles. The monoisotopic (exact) mass is 570 g/mol. The number of nitrogens with one attached hydrogen (secondary N) is 1. The lowest BCUT2D eigenvalue weighted by atomic mass is 10.3. The molecule has 1 aromatic rings. The number of halogens is 2. The molecule has 3 rings (SSSR count). The minimum Gasteiger partial charge on any atom is -0.473 e. The van der Waals surface area contributed by atoms with Gasteiger partial charge in [0.05, 0.1) is 23.3 Å². The van der Waals surface area contributed by atoms with E-state index in [1.807, 2.05) is 4.90 Å². The molecule has 0 atom stereocenters. The molecule has 2 saturated heterocycles. The lowest BCUT2D eigenvalue weighted by Gasteiger charge is -2.35. The van der Waals surface area contributed by atoms with E-state index < -0.39 is 22.0 Å². The van der Waals surface area contributed by atoms with Crippen molar-refractivity contribution < 1.29 is 33.0 Å². The van der Waals surface area contributed by atoms with Gasteiger partial charge in [-0.2, -0.15) is 4.31 Å². The Morgan fingerprint density at radius 2 is 1.63 bits per heavy atom. The van der Waals surface area contributed by atoms with Gasteiger partial charge in [-0.05, 0) is 37.3 Å². The highest BCUT2D eigenvalue weighted by Gasteiger charge is 2.31. The SMILES string of the molecule is O=C(O)C(=O)O.O=S(=O)(c1cccc(Cl)c1Cl)N1CCN(C(=S)NCCCN2CCOCC2)CC1. The highest BCUT2D eigenvalue weighted by molar-refractivity contribution is 7.89. The maximum Gasteiger partial charge on any atom is 0.414 e. The molecule has 196 valence electrons. The summed E-state index contributed by atoms with van der Waals surface area (Å²) in [4.78, 5) is 22.6. The second kappa shape index (κ2) is 14.1. The van der Waals surface area contributed by atoms with Crippen molar-refractivity contribution in [2.75, 3.05) is 65.6 Å². The lowest BCUT2D eigenvalue weighted by molar-refractivity contribution is -0.159. The molecule has 0 spiro atoms. The molecule has 11 nitrogen and oxygen atoms in total. The molecule has 0 aromatic heterocycles. The summed E-state index contributed by atoms with van der Waals surface area (Å²) in [5, 5.41) is 19.0. The first-order valence-corrected chi connectivity index (χ1v) is 13.4. The largest absolute Gasteiger partial charge is 0.473 e. The molecule has 35 heavy (non-hydrogen) atoms. The molecular weight excluding hydrogens is 543 g/mol. The predicted octanol–water partition coefficient (Wildman–Crippen LogP) is 1.05. The highest BCUT2D eigenvalue weighted by atomic mass is 35.5. The van der Waals surface area contributed by atoms with Crippen LogP contribution in [-0.2, 0) is 24.3 Å². The molecule has 0 saturated carbocycles. The van der Waals surface area contributed by atoms with Gasteiger partial charge >= 0.3 is 11.9 Å². The average Bonchev–Trinajstić information content (AvgIpc) is 2.84. The van der Waals surface area contributed by atoms with Crippen LogP contribution in [0.25, 0.3) is 0 Å². The fraction of sp³-hybridized carbons (Fsp3) is 0.550. The highest BCUT2D eigenvalue weighted by Crippen LogP contribution is 2.31. The lowest BCUT2D eigenvalue weighted by Crippen LogP contribution is -2.53. The van der Waals surface area contributed by atoms with E-state index >= 15 is 0 Å².